The van der Waals surface area contributed by atoms with Gasteiger partial charge in [-0.2, -0.15) is 0 Å². The Morgan fingerprint density at radius 3 is 2.36 bits per heavy atom. The first-order chi connectivity index (χ1) is 13.3. The number of carbonyl (C=O) groups is 2. The first kappa shape index (κ1) is 22.5. The van der Waals surface area contributed by atoms with Crippen LogP contribution in [0.5, 0.6) is 0 Å². The number of rotatable bonds is 8. The minimum atomic E-state index is -0.640. The number of nitrogens with zero attached hydrogens (tertiary/aromatic N) is 1. The summed E-state index contributed by atoms with van der Waals surface area (Å²) in [7, 11) is 1.53. The average Bonchev–Trinajstić information content (AvgIpc) is 2.69. The van der Waals surface area contributed by atoms with Crippen molar-refractivity contribution in [3.63, 3.8) is 0 Å². The van der Waals surface area contributed by atoms with Crippen molar-refractivity contribution in [1.29, 1.82) is 0 Å². The molecule has 2 amide bonds. The molecule has 1 N–H and O–H groups in total. The Bertz CT molecular complexity index is 833. The van der Waals surface area contributed by atoms with Crippen LogP contribution in [0.2, 0.25) is 10.0 Å². The maximum absolute atomic E-state index is 13.0. The van der Waals surface area contributed by atoms with Gasteiger partial charge in [0.2, 0.25) is 11.8 Å². The second-order valence-corrected chi connectivity index (χ2v) is 7.98. The van der Waals surface area contributed by atoms with Gasteiger partial charge in [0.1, 0.15) is 11.9 Å². The Hall–Kier alpha value is -1.76. The average molecular weight is 443 g/mol. The molecule has 0 aliphatic heterocycles. The van der Waals surface area contributed by atoms with Crippen LogP contribution in [0.15, 0.2) is 42.5 Å². The molecule has 1 atom stereocenters. The zero-order chi connectivity index (χ0) is 20.7. The molecule has 2 aromatic rings. The van der Waals surface area contributed by atoms with E-state index in [1.54, 1.807) is 37.3 Å². The minimum absolute atomic E-state index is 0.172. The standard InChI is InChI=1S/C20H21Cl2FN2O2S/c1-13(20(27)24-2)25(10-15-5-8-17(21)18(22)9-15)19(26)12-28-11-14-3-6-16(23)7-4-14/h3-9,13H,10-12H2,1-2H3,(H,24,27). The van der Waals surface area contributed by atoms with Crippen molar-refractivity contribution >= 4 is 46.8 Å². The van der Waals surface area contributed by atoms with Crippen molar-refractivity contribution in [3.05, 3.63) is 69.5 Å². The Morgan fingerprint density at radius 1 is 1.11 bits per heavy atom. The number of likely N-dealkylation sites (N-methyl/N-ethyl adjacent to an activating group) is 1. The highest BCUT2D eigenvalue weighted by Gasteiger charge is 2.25. The summed E-state index contributed by atoms with van der Waals surface area (Å²) in [6.45, 7) is 1.92. The molecule has 1 unspecified atom stereocenters. The number of nitrogens with one attached hydrogen (secondary N) is 1. The van der Waals surface area contributed by atoms with Crippen LogP contribution < -0.4 is 5.32 Å². The van der Waals surface area contributed by atoms with Gasteiger partial charge in [0.05, 0.1) is 15.8 Å². The number of hydrogen-bond acceptors (Lipinski definition) is 3. The molecule has 0 saturated carbocycles. The fraction of sp³-hybridized carbons (Fsp3) is 0.300. The molecule has 0 saturated heterocycles. The summed E-state index contributed by atoms with van der Waals surface area (Å²) in [5.74, 6) is 0.0457. The van der Waals surface area contributed by atoms with Gasteiger partial charge in [-0.15, -0.1) is 11.8 Å². The van der Waals surface area contributed by atoms with E-state index in [1.165, 1.54) is 35.8 Å². The summed E-state index contributed by atoms with van der Waals surface area (Å²) in [4.78, 5) is 26.4. The maximum atomic E-state index is 13.0. The Balaban J connectivity index is 2.06. The first-order valence-electron chi connectivity index (χ1n) is 8.59. The smallest absolute Gasteiger partial charge is 0.242 e. The third-order valence-corrected chi connectivity index (χ3v) is 5.89. The monoisotopic (exact) mass is 442 g/mol. The van der Waals surface area contributed by atoms with Crippen LogP contribution >= 0.6 is 35.0 Å². The Labute approximate surface area is 178 Å². The number of thioether (sulfide) groups is 1. The van der Waals surface area contributed by atoms with Crippen LogP contribution in [0.25, 0.3) is 0 Å². The second-order valence-electron chi connectivity index (χ2n) is 6.18. The molecule has 0 spiro atoms. The van der Waals surface area contributed by atoms with Gasteiger partial charge in [-0.25, -0.2) is 4.39 Å². The van der Waals surface area contributed by atoms with Crippen molar-refractivity contribution in [2.45, 2.75) is 25.3 Å². The molecule has 2 aromatic carbocycles. The molecule has 0 bridgehead atoms. The normalized spacial score (nSPS) is 11.8. The summed E-state index contributed by atoms with van der Waals surface area (Å²) < 4.78 is 13.0. The second kappa shape index (κ2) is 10.7. The highest BCUT2D eigenvalue weighted by Crippen LogP contribution is 2.24. The van der Waals surface area contributed by atoms with Gasteiger partial charge in [0, 0.05) is 19.3 Å². The van der Waals surface area contributed by atoms with Gasteiger partial charge in [-0.1, -0.05) is 41.4 Å². The molecule has 0 heterocycles. The number of halogens is 3. The van der Waals surface area contributed by atoms with E-state index in [-0.39, 0.29) is 29.9 Å². The molecule has 0 aliphatic rings. The summed E-state index contributed by atoms with van der Waals surface area (Å²) in [6, 6.07) is 10.6. The number of hydrogen-bond donors (Lipinski definition) is 1. The summed E-state index contributed by atoms with van der Waals surface area (Å²) in [5.41, 5.74) is 1.71. The fourth-order valence-electron chi connectivity index (χ4n) is 2.55. The van der Waals surface area contributed by atoms with Crippen LogP contribution in [-0.4, -0.2) is 35.6 Å². The van der Waals surface area contributed by atoms with Crippen molar-refractivity contribution < 1.29 is 14.0 Å². The largest absolute Gasteiger partial charge is 0.357 e. The van der Waals surface area contributed by atoms with E-state index in [0.29, 0.717) is 15.8 Å². The van der Waals surface area contributed by atoms with E-state index in [1.807, 2.05) is 0 Å². The van der Waals surface area contributed by atoms with Gasteiger partial charge >= 0.3 is 0 Å². The molecule has 0 aromatic heterocycles. The van der Waals surface area contributed by atoms with Gasteiger partial charge in [-0.05, 0) is 42.3 Å². The first-order valence-corrected chi connectivity index (χ1v) is 10.5. The molecule has 150 valence electrons. The Morgan fingerprint density at radius 2 is 1.75 bits per heavy atom. The lowest BCUT2D eigenvalue weighted by Gasteiger charge is -2.28. The predicted molar refractivity (Wildman–Crippen MR) is 113 cm³/mol. The van der Waals surface area contributed by atoms with E-state index in [4.69, 9.17) is 23.2 Å². The van der Waals surface area contributed by atoms with Crippen molar-refractivity contribution in [2.75, 3.05) is 12.8 Å². The quantitative estimate of drug-likeness (QED) is 0.653. The Kier molecular flexibility index (Phi) is 8.60. The van der Waals surface area contributed by atoms with Crippen LogP contribution in [0, 0.1) is 5.82 Å². The third kappa shape index (κ3) is 6.40. The van der Waals surface area contributed by atoms with Gasteiger partial charge in [0.15, 0.2) is 0 Å². The van der Waals surface area contributed by atoms with Crippen LogP contribution in [0.1, 0.15) is 18.1 Å². The van der Waals surface area contributed by atoms with Gasteiger partial charge in [-0.3, -0.25) is 9.59 Å². The molecule has 28 heavy (non-hydrogen) atoms. The van der Waals surface area contributed by atoms with E-state index in [9.17, 15) is 14.0 Å². The van der Waals surface area contributed by atoms with E-state index in [0.717, 1.165) is 11.1 Å². The molecular formula is C20H21Cl2FN2O2S. The highest BCUT2D eigenvalue weighted by atomic mass is 35.5. The van der Waals surface area contributed by atoms with E-state index < -0.39 is 6.04 Å². The molecule has 2 rings (SSSR count). The SMILES string of the molecule is CNC(=O)C(C)N(Cc1ccc(Cl)c(Cl)c1)C(=O)CSCc1ccc(F)cc1. The molecule has 0 aliphatic carbocycles. The lowest BCUT2D eigenvalue weighted by atomic mass is 10.1. The molecule has 0 fully saturated rings. The number of carbonyl (C=O) groups excluding carboxylic acids is 2. The summed E-state index contributed by atoms with van der Waals surface area (Å²) >= 11 is 13.4. The molecule has 4 nitrogen and oxygen atoms in total. The topological polar surface area (TPSA) is 49.4 Å². The zero-order valence-electron chi connectivity index (χ0n) is 15.5. The van der Waals surface area contributed by atoms with E-state index in [2.05, 4.69) is 5.32 Å². The maximum Gasteiger partial charge on any atom is 0.242 e. The number of benzene rings is 2. The fourth-order valence-corrected chi connectivity index (χ4v) is 3.74. The van der Waals surface area contributed by atoms with Gasteiger partial charge in [0.25, 0.3) is 0 Å². The lowest BCUT2D eigenvalue weighted by Crippen LogP contribution is -2.47. The minimum Gasteiger partial charge on any atom is -0.357 e. The van der Waals surface area contributed by atoms with Crippen LogP contribution in [0.3, 0.4) is 0 Å². The van der Waals surface area contributed by atoms with Crippen molar-refractivity contribution in [3.8, 4) is 0 Å². The summed E-state index contributed by atoms with van der Waals surface area (Å²) in [5, 5.41) is 3.39. The van der Waals surface area contributed by atoms with E-state index >= 15 is 0 Å². The lowest BCUT2D eigenvalue weighted by molar-refractivity contribution is -0.138. The molecule has 0 radical (unpaired) electrons. The molecular weight excluding hydrogens is 422 g/mol. The van der Waals surface area contributed by atoms with Crippen LogP contribution in [0.4, 0.5) is 4.39 Å². The zero-order valence-corrected chi connectivity index (χ0v) is 17.9. The molecule has 8 heteroatoms. The van der Waals surface area contributed by atoms with Crippen molar-refractivity contribution in [2.24, 2.45) is 0 Å². The van der Waals surface area contributed by atoms with Crippen LogP contribution in [-0.2, 0) is 21.9 Å². The number of amides is 2. The van der Waals surface area contributed by atoms with Gasteiger partial charge < -0.3 is 10.2 Å². The predicted octanol–water partition coefficient (Wildman–Crippen LogP) is 4.53. The highest BCUT2D eigenvalue weighted by molar-refractivity contribution is 7.99. The summed E-state index contributed by atoms with van der Waals surface area (Å²) in [6.07, 6.45) is 0. The van der Waals surface area contributed by atoms with Crippen molar-refractivity contribution in [1.82, 2.24) is 10.2 Å². The third-order valence-electron chi connectivity index (χ3n) is 4.16.